The molecule has 33 heavy (non-hydrogen) atoms. The van der Waals surface area contributed by atoms with Gasteiger partial charge in [0.2, 0.25) is 0 Å². The summed E-state index contributed by atoms with van der Waals surface area (Å²) in [5, 5.41) is 0. The summed E-state index contributed by atoms with van der Waals surface area (Å²) in [5.74, 6) is 3.53. The third-order valence-corrected chi connectivity index (χ3v) is 5.83. The lowest BCUT2D eigenvalue weighted by atomic mass is 9.51. The van der Waals surface area contributed by atoms with Gasteiger partial charge in [-0.05, 0) is 72.6 Å². The number of nitrogens with zero attached hydrogens (tertiary/aromatic N) is 1. The summed E-state index contributed by atoms with van der Waals surface area (Å²) in [6.45, 7) is 2.14. The molecule has 0 saturated heterocycles. The summed E-state index contributed by atoms with van der Waals surface area (Å²) in [4.78, 5) is 2.29. The van der Waals surface area contributed by atoms with Gasteiger partial charge in [-0.3, -0.25) is 0 Å². The third kappa shape index (κ3) is 4.46. The van der Waals surface area contributed by atoms with E-state index in [0.717, 1.165) is 28.4 Å². The maximum Gasteiger partial charge on any atom is 0.320 e. The van der Waals surface area contributed by atoms with Crippen LogP contribution in [0.15, 0.2) is 121 Å². The van der Waals surface area contributed by atoms with E-state index in [-0.39, 0.29) is 12.7 Å². The van der Waals surface area contributed by atoms with Crippen molar-refractivity contribution >= 4 is 23.7 Å². The molecule has 4 aromatic carbocycles. The predicted octanol–water partition coefficient (Wildman–Crippen LogP) is 6.78. The zero-order chi connectivity index (χ0) is 22.6. The van der Waals surface area contributed by atoms with Crippen LogP contribution in [-0.2, 0) is 0 Å². The molecule has 0 spiro atoms. The van der Waals surface area contributed by atoms with E-state index >= 15 is 0 Å². The topological polar surface area (TPSA) is 12.5 Å². The standard InChI is InChI=1S/C29H23BFNO/c1-22-8-5-6-11-28(22)30-21-7-12-29(23-13-15-24(31)16-14-23)32(30)25-17-19-27(20-18-25)33-26-9-3-2-4-10-26/h2-21H,1H3. The van der Waals surface area contributed by atoms with Crippen molar-refractivity contribution in [2.45, 2.75) is 6.92 Å². The smallest absolute Gasteiger partial charge is 0.320 e. The van der Waals surface area contributed by atoms with Crippen LogP contribution in [0.4, 0.5) is 10.1 Å². The quantitative estimate of drug-likeness (QED) is 0.323. The molecule has 0 bridgehead atoms. The van der Waals surface area contributed by atoms with Crippen molar-refractivity contribution in [2.24, 2.45) is 0 Å². The van der Waals surface area contributed by atoms with E-state index in [2.05, 4.69) is 66.3 Å². The first-order chi connectivity index (χ1) is 16.2. The maximum atomic E-state index is 13.6. The number of benzene rings is 4. The first kappa shape index (κ1) is 20.8. The van der Waals surface area contributed by atoms with Gasteiger partial charge in [-0.2, -0.15) is 0 Å². The van der Waals surface area contributed by atoms with E-state index in [4.69, 9.17) is 4.74 Å². The number of hydrogen-bond donors (Lipinski definition) is 0. The molecule has 4 aromatic rings. The number of rotatable bonds is 5. The number of para-hydroxylation sites is 1. The van der Waals surface area contributed by atoms with E-state index in [0.29, 0.717) is 0 Å². The summed E-state index contributed by atoms with van der Waals surface area (Å²) in [6, 6.07) is 33.0. The Labute approximate surface area is 194 Å². The molecule has 2 nitrogen and oxygen atoms in total. The average Bonchev–Trinajstić information content (AvgIpc) is 2.86. The van der Waals surface area contributed by atoms with Crippen LogP contribution in [0.1, 0.15) is 11.1 Å². The number of ether oxygens (including phenoxy) is 1. The largest absolute Gasteiger partial charge is 0.457 e. The monoisotopic (exact) mass is 431 g/mol. The summed E-state index contributed by atoms with van der Waals surface area (Å²) in [5.41, 5.74) is 5.46. The molecular weight excluding hydrogens is 408 g/mol. The Bertz CT molecular complexity index is 1300. The highest BCUT2D eigenvalue weighted by molar-refractivity contribution is 6.83. The molecule has 1 aliphatic rings. The molecule has 0 aromatic heterocycles. The average molecular weight is 431 g/mol. The van der Waals surface area contributed by atoms with Gasteiger partial charge in [0.15, 0.2) is 0 Å². The minimum absolute atomic E-state index is 0.0112. The van der Waals surface area contributed by atoms with Crippen molar-refractivity contribution in [3.8, 4) is 11.5 Å². The van der Waals surface area contributed by atoms with E-state index in [1.807, 2.05) is 54.6 Å². The van der Waals surface area contributed by atoms with E-state index in [1.165, 1.54) is 23.2 Å². The van der Waals surface area contributed by atoms with Crippen molar-refractivity contribution in [3.05, 3.63) is 138 Å². The van der Waals surface area contributed by atoms with Crippen molar-refractivity contribution in [1.82, 2.24) is 0 Å². The second kappa shape index (κ2) is 9.21. The summed E-state index contributed by atoms with van der Waals surface area (Å²) in [6.07, 6.45) is 4.16. The molecule has 5 rings (SSSR count). The minimum atomic E-state index is -0.241. The Morgan fingerprint density at radius 3 is 2.12 bits per heavy atom. The minimum Gasteiger partial charge on any atom is -0.457 e. The summed E-state index contributed by atoms with van der Waals surface area (Å²) >= 11 is 0. The van der Waals surface area contributed by atoms with Crippen LogP contribution in [-0.4, -0.2) is 6.85 Å². The van der Waals surface area contributed by atoms with Crippen molar-refractivity contribution in [3.63, 3.8) is 0 Å². The lowest BCUT2D eigenvalue weighted by molar-refractivity contribution is 0.483. The summed E-state index contributed by atoms with van der Waals surface area (Å²) < 4.78 is 19.6. The van der Waals surface area contributed by atoms with Gasteiger partial charge in [0.05, 0.1) is 0 Å². The molecular formula is C29H23BFNO. The molecule has 1 aliphatic heterocycles. The number of allylic oxidation sites excluding steroid dienone is 2. The molecule has 0 unspecified atom stereocenters. The first-order valence-corrected chi connectivity index (χ1v) is 11.0. The van der Waals surface area contributed by atoms with Gasteiger partial charge in [0.1, 0.15) is 17.3 Å². The fourth-order valence-electron chi connectivity index (χ4n) is 4.18. The molecule has 0 fully saturated rings. The molecule has 0 aliphatic carbocycles. The zero-order valence-corrected chi connectivity index (χ0v) is 18.4. The predicted molar refractivity (Wildman–Crippen MR) is 136 cm³/mol. The van der Waals surface area contributed by atoms with Gasteiger partial charge >= 0.3 is 6.85 Å². The van der Waals surface area contributed by atoms with Gasteiger partial charge in [0.25, 0.3) is 0 Å². The van der Waals surface area contributed by atoms with Crippen LogP contribution >= 0.6 is 0 Å². The highest BCUT2D eigenvalue weighted by Gasteiger charge is 2.30. The molecule has 0 atom stereocenters. The van der Waals surface area contributed by atoms with Crippen molar-refractivity contribution in [1.29, 1.82) is 0 Å². The third-order valence-electron chi connectivity index (χ3n) is 5.83. The van der Waals surface area contributed by atoms with Crippen LogP contribution in [0, 0.1) is 12.7 Å². The maximum absolute atomic E-state index is 13.6. The molecule has 0 N–H and O–H groups in total. The van der Waals surface area contributed by atoms with E-state index in [1.54, 1.807) is 0 Å². The normalized spacial score (nSPS) is 13.1. The first-order valence-electron chi connectivity index (χ1n) is 11.0. The fourth-order valence-corrected chi connectivity index (χ4v) is 4.18. The van der Waals surface area contributed by atoms with Crippen molar-refractivity contribution < 1.29 is 9.13 Å². The molecule has 0 amide bonds. The Morgan fingerprint density at radius 2 is 1.39 bits per heavy atom. The lowest BCUT2D eigenvalue weighted by Crippen LogP contribution is -2.48. The molecule has 0 radical (unpaired) electrons. The van der Waals surface area contributed by atoms with Gasteiger partial charge < -0.3 is 9.55 Å². The van der Waals surface area contributed by atoms with Gasteiger partial charge in [-0.25, -0.2) is 4.39 Å². The second-order valence-corrected chi connectivity index (χ2v) is 8.02. The number of halogens is 1. The van der Waals surface area contributed by atoms with Gasteiger partial charge in [-0.1, -0.05) is 72.2 Å². The molecule has 4 heteroatoms. The van der Waals surface area contributed by atoms with E-state index < -0.39 is 0 Å². The molecule has 160 valence electrons. The Hall–Kier alpha value is -4.05. The number of hydrogen-bond acceptors (Lipinski definition) is 2. The van der Waals surface area contributed by atoms with Crippen LogP contribution in [0.2, 0.25) is 0 Å². The number of anilines is 1. The number of aryl methyl sites for hydroxylation is 1. The Morgan fingerprint density at radius 1 is 0.727 bits per heavy atom. The summed E-state index contributed by atoms with van der Waals surface area (Å²) in [7, 11) is 0. The van der Waals surface area contributed by atoms with Gasteiger partial charge in [0, 0.05) is 11.4 Å². The van der Waals surface area contributed by atoms with Crippen LogP contribution in [0.3, 0.4) is 0 Å². The highest BCUT2D eigenvalue weighted by Crippen LogP contribution is 2.32. The Balaban J connectivity index is 1.54. The van der Waals surface area contributed by atoms with Crippen LogP contribution < -0.4 is 15.0 Å². The van der Waals surface area contributed by atoms with E-state index in [9.17, 15) is 4.39 Å². The SMILES string of the molecule is Cc1ccccc1B1C=CC=C(c2ccc(F)cc2)N1c1ccc(Oc2ccccc2)cc1. The second-order valence-electron chi connectivity index (χ2n) is 8.02. The zero-order valence-electron chi connectivity index (χ0n) is 18.4. The van der Waals surface area contributed by atoms with Crippen molar-refractivity contribution in [2.75, 3.05) is 4.81 Å². The van der Waals surface area contributed by atoms with Crippen LogP contribution in [0.5, 0.6) is 11.5 Å². The van der Waals surface area contributed by atoms with Crippen LogP contribution in [0.25, 0.3) is 5.70 Å². The fraction of sp³-hybridized carbons (Fsp3) is 0.0345. The molecule has 0 saturated carbocycles. The lowest BCUT2D eigenvalue weighted by Gasteiger charge is -2.35. The molecule has 1 heterocycles. The highest BCUT2D eigenvalue weighted by atomic mass is 19.1. The van der Waals surface area contributed by atoms with Gasteiger partial charge in [-0.15, -0.1) is 0 Å². The Kier molecular flexibility index (Phi) is 5.82.